The molecule has 1 saturated carbocycles. The highest BCUT2D eigenvalue weighted by molar-refractivity contribution is 6.10. The Hall–Kier alpha value is -2.90. The fraction of sp³-hybridized carbons (Fsp3) is 0.444. The molecule has 8 heteroatoms. The van der Waals surface area contributed by atoms with Crippen LogP contribution in [0.2, 0.25) is 0 Å². The van der Waals surface area contributed by atoms with Crippen molar-refractivity contribution >= 4 is 23.8 Å². The summed E-state index contributed by atoms with van der Waals surface area (Å²) in [6, 6.07) is 5.17. The lowest BCUT2D eigenvalue weighted by Gasteiger charge is -2.23. The summed E-state index contributed by atoms with van der Waals surface area (Å²) in [4.78, 5) is 49.6. The van der Waals surface area contributed by atoms with Crippen LogP contribution in [0.15, 0.2) is 24.3 Å². The number of primary amides is 1. The van der Waals surface area contributed by atoms with E-state index in [1.54, 1.807) is 24.3 Å². The van der Waals surface area contributed by atoms with Crippen LogP contribution in [0.5, 0.6) is 0 Å². The number of amides is 5. The summed E-state index contributed by atoms with van der Waals surface area (Å²) >= 11 is 0. The van der Waals surface area contributed by atoms with Crippen molar-refractivity contribution in [1.29, 1.82) is 0 Å². The molecule has 1 atom stereocenters. The molecule has 0 bridgehead atoms. The minimum atomic E-state index is -0.915. The fourth-order valence-corrected chi connectivity index (χ4v) is 3.60. The predicted molar refractivity (Wildman–Crippen MR) is 92.8 cm³/mol. The Kier molecular flexibility index (Phi) is 4.67. The molecule has 0 radical (unpaired) electrons. The molecule has 1 aromatic rings. The zero-order valence-corrected chi connectivity index (χ0v) is 14.6. The first-order valence-corrected chi connectivity index (χ1v) is 8.66. The summed E-state index contributed by atoms with van der Waals surface area (Å²) in [5, 5.41) is 5.46. The molecule has 8 nitrogen and oxygen atoms in total. The Morgan fingerprint density at radius 1 is 1.31 bits per heavy atom. The first-order valence-electron chi connectivity index (χ1n) is 8.66. The molecule has 4 N–H and O–H groups in total. The highest BCUT2D eigenvalue weighted by atomic mass is 16.2. The Balaban J connectivity index is 1.65. The first-order chi connectivity index (χ1) is 12.3. The maximum Gasteiger partial charge on any atom is 0.325 e. The average Bonchev–Trinajstić information content (AvgIpc) is 3.18. The summed E-state index contributed by atoms with van der Waals surface area (Å²) in [5.41, 5.74) is 5.46. The molecule has 26 heavy (non-hydrogen) atoms. The Morgan fingerprint density at radius 2 is 2.00 bits per heavy atom. The van der Waals surface area contributed by atoms with E-state index < -0.39 is 29.4 Å². The van der Waals surface area contributed by atoms with E-state index >= 15 is 0 Å². The summed E-state index contributed by atoms with van der Waals surface area (Å²) in [5.74, 6) is -1.31. The lowest BCUT2D eigenvalue weighted by atomic mass is 9.97. The van der Waals surface area contributed by atoms with Crippen LogP contribution in [0.4, 0.5) is 4.79 Å². The van der Waals surface area contributed by atoms with Crippen molar-refractivity contribution < 1.29 is 19.2 Å². The van der Waals surface area contributed by atoms with Crippen LogP contribution in [-0.4, -0.2) is 40.2 Å². The second kappa shape index (κ2) is 6.78. The minimum absolute atomic E-state index is 0.166. The molecule has 0 aromatic heterocycles. The average molecular weight is 358 g/mol. The normalized spacial score (nSPS) is 19.5. The summed E-state index contributed by atoms with van der Waals surface area (Å²) in [7, 11) is 0. The molecule has 3 rings (SSSR count). The lowest BCUT2D eigenvalue weighted by molar-refractivity contribution is -0.137. The third-order valence-corrected chi connectivity index (χ3v) is 5.10. The monoisotopic (exact) mass is 358 g/mol. The zero-order chi connectivity index (χ0) is 18.9. The number of hydrogen-bond donors (Lipinski definition) is 3. The van der Waals surface area contributed by atoms with Crippen LogP contribution < -0.4 is 16.4 Å². The van der Waals surface area contributed by atoms with E-state index in [1.165, 1.54) is 6.92 Å². The molecular weight excluding hydrogens is 336 g/mol. The molecule has 1 spiro atoms. The Labute approximate surface area is 151 Å². The second-order valence-electron chi connectivity index (χ2n) is 6.85. The quantitative estimate of drug-likeness (QED) is 0.669. The number of nitrogens with one attached hydrogen (secondary N) is 2. The smallest absolute Gasteiger partial charge is 0.325 e. The molecule has 1 saturated heterocycles. The van der Waals surface area contributed by atoms with E-state index in [4.69, 9.17) is 5.73 Å². The number of imide groups is 1. The number of urea groups is 1. The Morgan fingerprint density at radius 3 is 2.65 bits per heavy atom. The van der Waals surface area contributed by atoms with Crippen LogP contribution in [0, 0.1) is 0 Å². The van der Waals surface area contributed by atoms with Crippen molar-refractivity contribution in [2.75, 3.05) is 0 Å². The van der Waals surface area contributed by atoms with Gasteiger partial charge in [-0.25, -0.2) is 9.69 Å². The van der Waals surface area contributed by atoms with Gasteiger partial charge in [0.2, 0.25) is 11.8 Å². The van der Waals surface area contributed by atoms with Gasteiger partial charge in [-0.15, -0.1) is 0 Å². The van der Waals surface area contributed by atoms with Crippen LogP contribution >= 0.6 is 0 Å². The second-order valence-corrected chi connectivity index (χ2v) is 6.85. The molecule has 2 fully saturated rings. The van der Waals surface area contributed by atoms with Crippen molar-refractivity contribution in [1.82, 2.24) is 15.5 Å². The van der Waals surface area contributed by atoms with Crippen LogP contribution in [0.1, 0.15) is 48.5 Å². The standard InChI is InChI=1S/C18H22N4O4/c1-11(22-16(25)18(21-17(22)26)7-2-3-8-18)15(24)20-10-12-5-4-6-13(9-12)14(19)23/h4-6,9,11H,2-3,7-8,10H2,1H3,(H2,19,23)(H,20,24)(H,21,26). The highest BCUT2D eigenvalue weighted by Crippen LogP contribution is 2.35. The third-order valence-electron chi connectivity index (χ3n) is 5.10. The molecule has 1 heterocycles. The fourth-order valence-electron chi connectivity index (χ4n) is 3.60. The highest BCUT2D eigenvalue weighted by Gasteiger charge is 2.54. The van der Waals surface area contributed by atoms with Crippen LogP contribution in [0.3, 0.4) is 0 Å². The van der Waals surface area contributed by atoms with E-state index in [-0.39, 0.29) is 12.5 Å². The van der Waals surface area contributed by atoms with Crippen molar-refractivity contribution in [2.24, 2.45) is 5.73 Å². The molecule has 5 amide bonds. The van der Waals surface area contributed by atoms with E-state index in [9.17, 15) is 19.2 Å². The number of benzene rings is 1. The van der Waals surface area contributed by atoms with Crippen molar-refractivity contribution in [2.45, 2.75) is 50.7 Å². The van der Waals surface area contributed by atoms with Crippen LogP contribution in [-0.2, 0) is 16.1 Å². The summed E-state index contributed by atoms with van der Waals surface area (Å²) in [6.45, 7) is 1.69. The van der Waals surface area contributed by atoms with Gasteiger partial charge in [-0.3, -0.25) is 14.4 Å². The lowest BCUT2D eigenvalue weighted by Crippen LogP contribution is -2.49. The van der Waals surface area contributed by atoms with Gasteiger partial charge in [-0.05, 0) is 37.5 Å². The third kappa shape index (κ3) is 3.14. The summed E-state index contributed by atoms with van der Waals surface area (Å²) in [6.07, 6.45) is 3.00. The molecule has 1 aliphatic carbocycles. The molecule has 1 aliphatic heterocycles. The Bertz CT molecular complexity index is 770. The van der Waals surface area contributed by atoms with E-state index in [0.29, 0.717) is 24.0 Å². The molecule has 138 valence electrons. The number of carbonyl (C=O) groups excluding carboxylic acids is 4. The SMILES string of the molecule is CC(C(=O)NCc1cccc(C(N)=O)c1)N1C(=O)NC2(CCCC2)C1=O. The van der Waals surface area contributed by atoms with Gasteiger partial charge in [0.05, 0.1) is 0 Å². The van der Waals surface area contributed by atoms with Crippen LogP contribution in [0.25, 0.3) is 0 Å². The number of carbonyl (C=O) groups is 4. The topological polar surface area (TPSA) is 122 Å². The van der Waals surface area contributed by atoms with Gasteiger partial charge in [0.15, 0.2) is 0 Å². The number of nitrogens with zero attached hydrogens (tertiary/aromatic N) is 1. The molecule has 1 aromatic carbocycles. The molecule has 1 unspecified atom stereocenters. The predicted octanol–water partition coefficient (Wildman–Crippen LogP) is 0.655. The first kappa shape index (κ1) is 17.9. The van der Waals surface area contributed by atoms with Gasteiger partial charge in [0.25, 0.3) is 5.91 Å². The van der Waals surface area contributed by atoms with E-state index in [0.717, 1.165) is 17.7 Å². The largest absolute Gasteiger partial charge is 0.366 e. The zero-order valence-electron chi connectivity index (χ0n) is 14.6. The minimum Gasteiger partial charge on any atom is -0.366 e. The maximum absolute atomic E-state index is 12.7. The van der Waals surface area contributed by atoms with Crippen molar-refractivity contribution in [3.63, 3.8) is 0 Å². The van der Waals surface area contributed by atoms with Gasteiger partial charge in [-0.2, -0.15) is 0 Å². The van der Waals surface area contributed by atoms with Crippen molar-refractivity contribution in [3.8, 4) is 0 Å². The van der Waals surface area contributed by atoms with E-state index in [1.807, 2.05) is 0 Å². The maximum atomic E-state index is 12.7. The van der Waals surface area contributed by atoms with Gasteiger partial charge in [0.1, 0.15) is 11.6 Å². The van der Waals surface area contributed by atoms with Gasteiger partial charge >= 0.3 is 6.03 Å². The van der Waals surface area contributed by atoms with Gasteiger partial charge in [0, 0.05) is 12.1 Å². The summed E-state index contributed by atoms with van der Waals surface area (Å²) < 4.78 is 0. The van der Waals surface area contributed by atoms with Gasteiger partial charge in [-0.1, -0.05) is 25.0 Å². The van der Waals surface area contributed by atoms with Gasteiger partial charge < -0.3 is 16.4 Å². The molecule has 2 aliphatic rings. The number of hydrogen-bond acceptors (Lipinski definition) is 4. The molecular formula is C18H22N4O4. The number of rotatable bonds is 5. The number of nitrogens with two attached hydrogens (primary N) is 1. The van der Waals surface area contributed by atoms with Crippen molar-refractivity contribution in [3.05, 3.63) is 35.4 Å². The van der Waals surface area contributed by atoms with E-state index in [2.05, 4.69) is 10.6 Å².